The van der Waals surface area contributed by atoms with Crippen LogP contribution in [0.1, 0.15) is 11.1 Å². The predicted octanol–water partition coefficient (Wildman–Crippen LogP) is 4.30. The number of amides is 1. The second-order valence-electron chi connectivity index (χ2n) is 5.39. The molecule has 0 saturated carbocycles. The molecule has 10 heteroatoms. The minimum absolute atomic E-state index is 0.260. The van der Waals surface area contributed by atoms with Crippen molar-refractivity contribution < 1.29 is 18.0 Å². The van der Waals surface area contributed by atoms with Gasteiger partial charge in [0.15, 0.2) is 5.82 Å². The lowest BCUT2D eigenvalue weighted by Crippen LogP contribution is -2.09. The molecular formula is C17H11BrF3N5O. The first-order chi connectivity index (χ1) is 12.8. The topological polar surface area (TPSA) is 83.6 Å². The first-order valence-electron chi connectivity index (χ1n) is 7.53. The largest absolute Gasteiger partial charge is 0.416 e. The number of H-pyrrole nitrogens is 1. The SMILES string of the molecule is O=C(/C=C/c1cccc(C(F)(F)F)c1)Nc1ccc(Br)cc1-c1nnn[nH]1. The molecule has 2 aromatic carbocycles. The van der Waals surface area contributed by atoms with Gasteiger partial charge >= 0.3 is 6.18 Å². The summed E-state index contributed by atoms with van der Waals surface area (Å²) in [5.41, 5.74) is 0.471. The van der Waals surface area contributed by atoms with Crippen LogP contribution in [0, 0.1) is 0 Å². The standard InChI is InChI=1S/C17H11BrF3N5O/c18-12-5-6-14(13(9-12)16-23-25-26-24-16)22-15(27)7-4-10-2-1-3-11(8-10)17(19,20)21/h1-9H,(H,22,27)(H,23,24,25,26)/b7-4+. The van der Waals surface area contributed by atoms with E-state index in [0.717, 1.165) is 22.7 Å². The Kier molecular flexibility index (Phi) is 5.36. The van der Waals surface area contributed by atoms with E-state index in [4.69, 9.17) is 0 Å². The molecule has 0 bridgehead atoms. The van der Waals surface area contributed by atoms with E-state index in [0.29, 0.717) is 17.1 Å². The molecule has 0 spiro atoms. The van der Waals surface area contributed by atoms with Crippen LogP contribution in [-0.2, 0) is 11.0 Å². The molecule has 0 aliphatic rings. The van der Waals surface area contributed by atoms with Crippen molar-refractivity contribution in [1.29, 1.82) is 0 Å². The molecule has 6 nitrogen and oxygen atoms in total. The number of halogens is 4. The Morgan fingerprint density at radius 3 is 2.70 bits per heavy atom. The molecule has 27 heavy (non-hydrogen) atoms. The molecule has 3 rings (SSSR count). The lowest BCUT2D eigenvalue weighted by molar-refractivity contribution is -0.137. The molecule has 0 radical (unpaired) electrons. The Labute approximate surface area is 159 Å². The van der Waals surface area contributed by atoms with Crippen LogP contribution in [0.3, 0.4) is 0 Å². The molecule has 3 aromatic rings. The number of carbonyl (C=O) groups is 1. The van der Waals surface area contributed by atoms with Crippen LogP contribution in [0.5, 0.6) is 0 Å². The normalized spacial score (nSPS) is 11.7. The summed E-state index contributed by atoms with van der Waals surface area (Å²) in [5, 5.41) is 16.1. The quantitative estimate of drug-likeness (QED) is 0.596. The summed E-state index contributed by atoms with van der Waals surface area (Å²) in [7, 11) is 0. The van der Waals surface area contributed by atoms with Gasteiger partial charge in [-0.1, -0.05) is 28.1 Å². The molecule has 1 heterocycles. The lowest BCUT2D eigenvalue weighted by atomic mass is 10.1. The zero-order chi connectivity index (χ0) is 19.4. The number of hydrogen-bond acceptors (Lipinski definition) is 4. The van der Waals surface area contributed by atoms with E-state index in [1.165, 1.54) is 18.2 Å². The van der Waals surface area contributed by atoms with E-state index in [9.17, 15) is 18.0 Å². The van der Waals surface area contributed by atoms with Crippen molar-refractivity contribution in [3.8, 4) is 11.4 Å². The van der Waals surface area contributed by atoms with Crippen LogP contribution in [0.25, 0.3) is 17.5 Å². The highest BCUT2D eigenvalue weighted by atomic mass is 79.9. The highest BCUT2D eigenvalue weighted by Gasteiger charge is 2.30. The number of alkyl halides is 3. The molecular weight excluding hydrogens is 427 g/mol. The number of anilines is 1. The Morgan fingerprint density at radius 1 is 1.19 bits per heavy atom. The molecule has 2 N–H and O–H groups in total. The summed E-state index contributed by atoms with van der Waals surface area (Å²) in [5.74, 6) is -0.156. The summed E-state index contributed by atoms with van der Waals surface area (Å²) in [4.78, 5) is 12.2. The Hall–Kier alpha value is -3.01. The molecule has 0 unspecified atom stereocenters. The van der Waals surface area contributed by atoms with E-state index in [1.54, 1.807) is 18.2 Å². The number of tetrazole rings is 1. The maximum atomic E-state index is 12.7. The van der Waals surface area contributed by atoms with Crippen molar-refractivity contribution in [3.63, 3.8) is 0 Å². The monoisotopic (exact) mass is 437 g/mol. The summed E-state index contributed by atoms with van der Waals surface area (Å²) in [6.45, 7) is 0. The molecule has 138 valence electrons. The van der Waals surface area contributed by atoms with Crippen LogP contribution in [-0.4, -0.2) is 26.5 Å². The van der Waals surface area contributed by atoms with Gasteiger partial charge in [-0.15, -0.1) is 5.10 Å². The summed E-state index contributed by atoms with van der Waals surface area (Å²) in [6.07, 6.45) is -1.98. The highest BCUT2D eigenvalue weighted by Crippen LogP contribution is 2.30. The third-order valence-electron chi connectivity index (χ3n) is 3.48. The van der Waals surface area contributed by atoms with Crippen molar-refractivity contribution in [2.75, 3.05) is 5.32 Å². The van der Waals surface area contributed by atoms with Crippen LogP contribution < -0.4 is 5.32 Å². The maximum Gasteiger partial charge on any atom is 0.416 e. The zero-order valence-corrected chi connectivity index (χ0v) is 15.0. The van der Waals surface area contributed by atoms with Crippen molar-refractivity contribution in [2.24, 2.45) is 0 Å². The lowest BCUT2D eigenvalue weighted by Gasteiger charge is -2.08. The average Bonchev–Trinajstić information content (AvgIpc) is 3.15. The van der Waals surface area contributed by atoms with Crippen molar-refractivity contribution in [1.82, 2.24) is 20.6 Å². The minimum Gasteiger partial charge on any atom is -0.322 e. The second-order valence-corrected chi connectivity index (χ2v) is 6.30. The van der Waals surface area contributed by atoms with E-state index < -0.39 is 17.6 Å². The Morgan fingerprint density at radius 2 is 2.00 bits per heavy atom. The van der Waals surface area contributed by atoms with Gasteiger partial charge in [0.25, 0.3) is 0 Å². The number of hydrogen-bond donors (Lipinski definition) is 2. The molecule has 0 fully saturated rings. The van der Waals surface area contributed by atoms with E-state index >= 15 is 0 Å². The number of aromatic nitrogens is 4. The zero-order valence-electron chi connectivity index (χ0n) is 13.5. The van der Waals surface area contributed by atoms with Gasteiger partial charge in [0.05, 0.1) is 11.3 Å². The number of carbonyl (C=O) groups excluding carboxylic acids is 1. The molecule has 0 aliphatic heterocycles. The molecule has 1 amide bonds. The molecule has 0 aliphatic carbocycles. The third kappa shape index (κ3) is 4.79. The number of rotatable bonds is 4. The van der Waals surface area contributed by atoms with Crippen LogP contribution >= 0.6 is 15.9 Å². The first-order valence-corrected chi connectivity index (χ1v) is 8.32. The number of nitrogens with one attached hydrogen (secondary N) is 2. The van der Waals surface area contributed by atoms with Crippen molar-refractivity contribution >= 4 is 33.6 Å². The van der Waals surface area contributed by atoms with Crippen LogP contribution in [0.2, 0.25) is 0 Å². The van der Waals surface area contributed by atoms with Gasteiger partial charge in [0.2, 0.25) is 5.91 Å². The van der Waals surface area contributed by atoms with Gasteiger partial charge in [-0.3, -0.25) is 4.79 Å². The smallest absolute Gasteiger partial charge is 0.322 e. The van der Waals surface area contributed by atoms with Gasteiger partial charge in [0.1, 0.15) is 0 Å². The fraction of sp³-hybridized carbons (Fsp3) is 0.0588. The number of nitrogens with zero attached hydrogens (tertiary/aromatic N) is 3. The molecule has 0 saturated heterocycles. The van der Waals surface area contributed by atoms with E-state index in [-0.39, 0.29) is 5.56 Å². The fourth-order valence-electron chi connectivity index (χ4n) is 2.26. The molecule has 1 aromatic heterocycles. The minimum atomic E-state index is -4.44. The van der Waals surface area contributed by atoms with Gasteiger partial charge in [-0.05, 0) is 52.4 Å². The maximum absolute atomic E-state index is 12.7. The highest BCUT2D eigenvalue weighted by molar-refractivity contribution is 9.10. The number of aromatic amines is 1. The summed E-state index contributed by atoms with van der Waals surface area (Å²) < 4.78 is 39.0. The predicted molar refractivity (Wildman–Crippen MR) is 96.4 cm³/mol. The Balaban J connectivity index is 1.78. The average molecular weight is 438 g/mol. The Bertz CT molecular complexity index is 986. The van der Waals surface area contributed by atoms with Crippen molar-refractivity contribution in [2.45, 2.75) is 6.18 Å². The van der Waals surface area contributed by atoms with Crippen molar-refractivity contribution in [3.05, 3.63) is 64.1 Å². The summed E-state index contributed by atoms with van der Waals surface area (Å²) >= 11 is 3.33. The number of benzene rings is 2. The van der Waals surface area contributed by atoms with Gasteiger partial charge < -0.3 is 5.32 Å². The van der Waals surface area contributed by atoms with Crippen LogP contribution in [0.4, 0.5) is 18.9 Å². The van der Waals surface area contributed by atoms with E-state index in [1.807, 2.05) is 0 Å². The van der Waals surface area contributed by atoms with Gasteiger partial charge in [0, 0.05) is 16.1 Å². The third-order valence-corrected chi connectivity index (χ3v) is 3.97. The van der Waals surface area contributed by atoms with Crippen LogP contribution in [0.15, 0.2) is 53.0 Å². The van der Waals surface area contributed by atoms with Gasteiger partial charge in [-0.25, -0.2) is 5.10 Å². The molecule has 0 atom stereocenters. The summed E-state index contributed by atoms with van der Waals surface area (Å²) in [6, 6.07) is 9.78. The second kappa shape index (κ2) is 7.70. The first kappa shape index (κ1) is 18.8. The van der Waals surface area contributed by atoms with E-state index in [2.05, 4.69) is 41.9 Å². The van der Waals surface area contributed by atoms with Gasteiger partial charge in [-0.2, -0.15) is 13.2 Å². The fourth-order valence-corrected chi connectivity index (χ4v) is 2.62.